The molecule has 0 saturated heterocycles. The molecule has 0 aliphatic heterocycles. The maximum atomic E-state index is 14.2. The normalized spacial score (nSPS) is 14.6. The Kier molecular flexibility index (Phi) is 28.1. The molecule has 0 aliphatic rings. The quantitative estimate of drug-likeness (QED) is 0.0295. The van der Waals surface area contributed by atoms with Crippen LogP contribution in [-0.4, -0.2) is 195 Å². The van der Waals surface area contributed by atoms with Crippen molar-refractivity contribution < 1.29 is 123 Å². The van der Waals surface area contributed by atoms with E-state index in [-0.39, 0.29) is 17.7 Å². The number of nitrogens with one attached hydrogen (secondary N) is 8. The molecule has 1 aromatic rings. The largest absolute Gasteiger partial charge is 0.508 e. The van der Waals surface area contributed by atoms with E-state index in [4.69, 9.17) is 15.9 Å². The highest BCUT2D eigenvalue weighted by atomic mass is 16.4. The Morgan fingerprint density at radius 1 is 0.405 bits per heavy atom. The van der Waals surface area contributed by atoms with Crippen LogP contribution in [0.1, 0.15) is 83.6 Å². The molecule has 10 atom stereocenters. The van der Waals surface area contributed by atoms with Crippen molar-refractivity contribution in [3.05, 3.63) is 29.8 Å². The molecule has 79 heavy (non-hydrogen) atoms. The number of carboxylic acids is 8. The lowest BCUT2D eigenvalue weighted by Gasteiger charge is -2.28. The molecule has 0 spiro atoms. The van der Waals surface area contributed by atoms with Gasteiger partial charge in [-0.1, -0.05) is 32.4 Å². The van der Waals surface area contributed by atoms with Gasteiger partial charge in [0.25, 0.3) is 0 Å². The van der Waals surface area contributed by atoms with Crippen LogP contribution in [0.3, 0.4) is 0 Å². The van der Waals surface area contributed by atoms with E-state index >= 15 is 0 Å². The number of carbonyl (C=O) groups excluding carboxylic acids is 8. The number of benzene rings is 1. The van der Waals surface area contributed by atoms with E-state index in [0.29, 0.717) is 0 Å². The van der Waals surface area contributed by atoms with Crippen molar-refractivity contribution in [1.82, 2.24) is 42.5 Å². The minimum Gasteiger partial charge on any atom is -0.508 e. The first-order valence-electron chi connectivity index (χ1n) is 23.5. The molecule has 19 N–H and O–H groups in total. The first-order valence-corrected chi connectivity index (χ1v) is 23.5. The number of hydrogen-bond donors (Lipinski definition) is 18. The Hall–Kier alpha value is -9.50. The van der Waals surface area contributed by atoms with Crippen molar-refractivity contribution >= 4 is 95.0 Å². The van der Waals surface area contributed by atoms with Crippen molar-refractivity contribution in [1.29, 1.82) is 0 Å². The van der Waals surface area contributed by atoms with Gasteiger partial charge in [-0.3, -0.25) is 71.9 Å². The minimum absolute atomic E-state index is 0.0964. The maximum Gasteiger partial charge on any atom is 0.326 e. The number of aromatic hydroxyl groups is 1. The summed E-state index contributed by atoms with van der Waals surface area (Å²) in [6.45, 7) is 2.92. The first-order chi connectivity index (χ1) is 36.7. The molecule has 0 radical (unpaired) electrons. The Morgan fingerprint density at radius 3 is 1.09 bits per heavy atom. The maximum absolute atomic E-state index is 14.2. The van der Waals surface area contributed by atoms with Gasteiger partial charge in [0.05, 0.1) is 38.1 Å². The summed E-state index contributed by atoms with van der Waals surface area (Å²) in [5.74, 6) is -25.9. The van der Waals surface area contributed by atoms with Crippen LogP contribution < -0.4 is 48.3 Å². The number of phenols is 1. The average Bonchev–Trinajstić information content (AvgIpc) is 3.33. The lowest BCUT2D eigenvalue weighted by Crippen LogP contribution is -2.61. The highest BCUT2D eigenvalue weighted by molar-refractivity contribution is 6.00. The number of rotatable bonds is 37. The minimum atomic E-state index is -2.29. The van der Waals surface area contributed by atoms with Gasteiger partial charge in [0, 0.05) is 19.3 Å². The third kappa shape index (κ3) is 25.7. The standard InChI is InChI=1S/C45H61N9O25/c1-3-18(2)36(44(77)53-28(45(78)79)17-35(68)69)54-43(76)27(16-34(66)67)51-39(72)23(9-11-30(58)59)48-40(73)24(12-19-4-6-20(55)7-5-19)49-41(74)26(15-33(64)65)52-42(75)25(14-32(62)63)50-38(71)22(8-10-29(56)57)47-37(70)21(46)13-31(60)61/h4-7,18,21-28,36,55H,3,8-17,46H2,1-2H3,(H,47,70)(H,48,73)(H,49,74)(H,50,71)(H,51,72)(H,52,75)(H,53,77)(H,54,76)(H,56,57)(H,58,59)(H,60,61)(H,62,63)(H,64,65)(H,66,67)(H,68,69)(H,78,79)/t18-,21-,22-,23-,24-,25-,26-,27-,28-,36-/m0/s1. The Labute approximate surface area is 445 Å². The summed E-state index contributed by atoms with van der Waals surface area (Å²) in [5.41, 5.74) is 5.62. The van der Waals surface area contributed by atoms with Crippen LogP contribution in [0.2, 0.25) is 0 Å². The van der Waals surface area contributed by atoms with Crippen LogP contribution >= 0.6 is 0 Å². The Morgan fingerprint density at radius 2 is 0.722 bits per heavy atom. The zero-order valence-corrected chi connectivity index (χ0v) is 42.0. The average molecular weight is 1130 g/mol. The number of phenolic OH excluding ortho intramolecular Hbond substituents is 1. The van der Waals surface area contributed by atoms with E-state index in [0.717, 1.165) is 12.1 Å². The molecule has 0 fully saturated rings. The number of aliphatic carboxylic acids is 8. The van der Waals surface area contributed by atoms with Gasteiger partial charge in [0.15, 0.2) is 0 Å². The van der Waals surface area contributed by atoms with Crippen molar-refractivity contribution in [2.75, 3.05) is 0 Å². The van der Waals surface area contributed by atoms with Gasteiger partial charge >= 0.3 is 47.8 Å². The van der Waals surface area contributed by atoms with Gasteiger partial charge in [0.1, 0.15) is 54.1 Å². The van der Waals surface area contributed by atoms with E-state index in [9.17, 15) is 112 Å². The van der Waals surface area contributed by atoms with E-state index < -0.39 is 220 Å². The fraction of sp³-hybridized carbons (Fsp3) is 0.511. The second-order valence-electron chi connectivity index (χ2n) is 17.5. The highest BCUT2D eigenvalue weighted by Gasteiger charge is 2.38. The fourth-order valence-corrected chi connectivity index (χ4v) is 6.82. The molecule has 0 aromatic heterocycles. The first kappa shape index (κ1) is 67.5. The molecule has 34 heteroatoms. The third-order valence-electron chi connectivity index (χ3n) is 11.1. The topological polar surface area (TPSA) is 577 Å². The fourth-order valence-electron chi connectivity index (χ4n) is 6.82. The van der Waals surface area contributed by atoms with E-state index in [1.54, 1.807) is 0 Å². The second kappa shape index (κ2) is 32.8. The van der Waals surface area contributed by atoms with Gasteiger partial charge in [0.2, 0.25) is 47.3 Å². The van der Waals surface area contributed by atoms with Crippen molar-refractivity contribution in [2.24, 2.45) is 11.7 Å². The number of carboxylic acid groups (broad SMARTS) is 8. The lowest BCUT2D eigenvalue weighted by atomic mass is 9.97. The summed E-state index contributed by atoms with van der Waals surface area (Å²) >= 11 is 0. The predicted molar refractivity (Wildman–Crippen MR) is 257 cm³/mol. The Bertz CT molecular complexity index is 2470. The molecule has 1 aromatic carbocycles. The van der Waals surface area contributed by atoms with Gasteiger partial charge in [-0.2, -0.15) is 0 Å². The molecule has 436 valence electrons. The van der Waals surface area contributed by atoms with Crippen molar-refractivity contribution in [3.63, 3.8) is 0 Å². The molecule has 0 unspecified atom stereocenters. The molecule has 34 nitrogen and oxygen atoms in total. The molecule has 0 saturated carbocycles. The monoisotopic (exact) mass is 1130 g/mol. The third-order valence-corrected chi connectivity index (χ3v) is 11.1. The number of nitrogens with two attached hydrogens (primary N) is 1. The van der Waals surface area contributed by atoms with Crippen LogP contribution in [0, 0.1) is 5.92 Å². The summed E-state index contributed by atoms with van der Waals surface area (Å²) < 4.78 is 0. The van der Waals surface area contributed by atoms with Gasteiger partial charge in [-0.05, 0) is 36.5 Å². The zero-order valence-electron chi connectivity index (χ0n) is 42.0. The summed E-state index contributed by atoms with van der Waals surface area (Å²) in [5, 5.41) is 101. The van der Waals surface area contributed by atoms with E-state index in [1.807, 2.05) is 26.6 Å². The van der Waals surface area contributed by atoms with Gasteiger partial charge in [-0.15, -0.1) is 0 Å². The SMILES string of the molecule is CC[C@H](C)[C@H](NC(=O)[C@H](CC(=O)O)NC(=O)[C@H](CCC(=O)O)NC(=O)[C@H](Cc1ccc(O)cc1)NC(=O)[C@H](CC(=O)O)NC(=O)[C@H](CC(=O)O)NC(=O)[C@H](CCC(=O)O)NC(=O)[C@@H](N)CC(=O)O)C(=O)N[C@@H](CC(=O)O)C(=O)O. The smallest absolute Gasteiger partial charge is 0.326 e. The van der Waals surface area contributed by atoms with Crippen molar-refractivity contribution in [2.45, 2.75) is 139 Å². The molecule has 0 aliphatic carbocycles. The highest BCUT2D eigenvalue weighted by Crippen LogP contribution is 2.14. The van der Waals surface area contributed by atoms with Crippen LogP contribution in [-0.2, 0) is 83.1 Å². The van der Waals surface area contributed by atoms with E-state index in [1.165, 1.54) is 26.0 Å². The molecule has 1 rings (SSSR count). The van der Waals surface area contributed by atoms with Gasteiger partial charge < -0.3 is 94.2 Å². The number of carbonyl (C=O) groups is 16. The number of amides is 8. The van der Waals surface area contributed by atoms with E-state index in [2.05, 4.69) is 16.0 Å². The molecular formula is C45H61N9O25. The summed E-state index contributed by atoms with van der Waals surface area (Å²) in [6, 6.07) is -13.5. The van der Waals surface area contributed by atoms with Crippen molar-refractivity contribution in [3.8, 4) is 5.75 Å². The zero-order chi connectivity index (χ0) is 60.4. The Balaban J connectivity index is 3.71. The van der Waals surface area contributed by atoms with Crippen LogP contribution in [0.4, 0.5) is 0 Å². The molecule has 8 amide bonds. The van der Waals surface area contributed by atoms with Crippen LogP contribution in [0.25, 0.3) is 0 Å². The van der Waals surface area contributed by atoms with Crippen LogP contribution in [0.5, 0.6) is 5.75 Å². The molecule has 0 bridgehead atoms. The van der Waals surface area contributed by atoms with Gasteiger partial charge in [-0.25, -0.2) is 4.79 Å². The van der Waals surface area contributed by atoms with Crippen LogP contribution in [0.15, 0.2) is 24.3 Å². The summed E-state index contributed by atoms with van der Waals surface area (Å²) in [4.78, 5) is 201. The predicted octanol–water partition coefficient (Wildman–Crippen LogP) is -5.63. The second-order valence-corrected chi connectivity index (χ2v) is 17.5. The molecule has 0 heterocycles. The summed E-state index contributed by atoms with van der Waals surface area (Å²) in [7, 11) is 0. The number of hydrogen-bond acceptors (Lipinski definition) is 18. The lowest BCUT2D eigenvalue weighted by molar-refractivity contribution is -0.147. The molecular weight excluding hydrogens is 1070 g/mol. The summed E-state index contributed by atoms with van der Waals surface area (Å²) in [6.07, 6.45) is -9.86.